The highest BCUT2D eigenvalue weighted by Gasteiger charge is 2.23. The zero-order valence-electron chi connectivity index (χ0n) is 10.1. The summed E-state index contributed by atoms with van der Waals surface area (Å²) in [6.45, 7) is 0.623. The second kappa shape index (κ2) is 5.59. The van der Waals surface area contributed by atoms with Gasteiger partial charge in [-0.3, -0.25) is 0 Å². The molecule has 5 heteroatoms. The number of esters is 1. The van der Waals surface area contributed by atoms with Crippen molar-refractivity contribution in [3.8, 4) is 5.75 Å². The summed E-state index contributed by atoms with van der Waals surface area (Å²) in [5, 5.41) is 10.2. The van der Waals surface area contributed by atoms with E-state index >= 15 is 0 Å². The first-order chi connectivity index (χ1) is 8.61. The van der Waals surface area contributed by atoms with E-state index < -0.39 is 12.1 Å². The molecule has 1 aliphatic carbocycles. The number of hydrogen-bond donors (Lipinski definition) is 1. The van der Waals surface area contributed by atoms with Gasteiger partial charge in [0.25, 0.3) is 0 Å². The SMILES string of the molecule is COC(=O)C(O)c1ccc(Cl)c(OCC2CC2)c1. The van der Waals surface area contributed by atoms with E-state index in [4.69, 9.17) is 16.3 Å². The summed E-state index contributed by atoms with van der Waals surface area (Å²) in [5.74, 6) is 0.393. The number of carbonyl (C=O) groups excluding carboxylic acids is 1. The molecule has 0 spiro atoms. The third kappa shape index (κ3) is 3.15. The van der Waals surface area contributed by atoms with Gasteiger partial charge in [0.15, 0.2) is 6.10 Å². The van der Waals surface area contributed by atoms with E-state index in [0.29, 0.717) is 28.9 Å². The highest BCUT2D eigenvalue weighted by atomic mass is 35.5. The topological polar surface area (TPSA) is 55.8 Å². The molecule has 0 radical (unpaired) electrons. The molecule has 0 bridgehead atoms. The van der Waals surface area contributed by atoms with Crippen molar-refractivity contribution in [1.82, 2.24) is 0 Å². The smallest absolute Gasteiger partial charge is 0.339 e. The van der Waals surface area contributed by atoms with Crippen LogP contribution in [0.3, 0.4) is 0 Å². The minimum atomic E-state index is -1.31. The van der Waals surface area contributed by atoms with Crippen molar-refractivity contribution in [1.29, 1.82) is 0 Å². The molecule has 4 nitrogen and oxygen atoms in total. The van der Waals surface area contributed by atoms with Gasteiger partial charge in [-0.2, -0.15) is 0 Å². The molecule has 98 valence electrons. The Bertz CT molecular complexity index is 443. The van der Waals surface area contributed by atoms with Crippen LogP contribution in [-0.4, -0.2) is 24.8 Å². The first-order valence-electron chi connectivity index (χ1n) is 5.80. The van der Waals surface area contributed by atoms with Gasteiger partial charge >= 0.3 is 5.97 Å². The molecule has 1 aromatic rings. The van der Waals surface area contributed by atoms with Crippen molar-refractivity contribution in [2.24, 2.45) is 5.92 Å². The van der Waals surface area contributed by atoms with Gasteiger partial charge in [-0.05, 0) is 36.5 Å². The molecule has 0 heterocycles. The van der Waals surface area contributed by atoms with Gasteiger partial charge in [-0.25, -0.2) is 4.79 Å². The number of methoxy groups -OCH3 is 1. The largest absolute Gasteiger partial charge is 0.492 e. The average Bonchev–Trinajstić information content (AvgIpc) is 3.20. The fraction of sp³-hybridized carbons (Fsp3) is 0.462. The fourth-order valence-corrected chi connectivity index (χ4v) is 1.71. The first kappa shape index (κ1) is 13.2. The molecule has 1 saturated carbocycles. The highest BCUT2D eigenvalue weighted by molar-refractivity contribution is 6.32. The molecule has 1 fully saturated rings. The fourth-order valence-electron chi connectivity index (χ4n) is 1.54. The van der Waals surface area contributed by atoms with Gasteiger partial charge < -0.3 is 14.6 Å². The minimum absolute atomic E-state index is 0.414. The molecular weight excluding hydrogens is 256 g/mol. The molecule has 1 atom stereocenters. The minimum Gasteiger partial charge on any atom is -0.492 e. The third-order valence-electron chi connectivity index (χ3n) is 2.87. The number of hydrogen-bond acceptors (Lipinski definition) is 4. The number of aliphatic hydroxyl groups is 1. The number of carbonyl (C=O) groups is 1. The summed E-state index contributed by atoms with van der Waals surface area (Å²) in [4.78, 5) is 11.2. The standard InChI is InChI=1S/C13H15ClO4/c1-17-13(16)12(15)9-4-5-10(14)11(6-9)18-7-8-2-3-8/h4-6,8,12,15H,2-3,7H2,1H3. The molecule has 1 unspecified atom stereocenters. The Labute approximate surface area is 110 Å². The molecule has 0 aromatic heterocycles. The Morgan fingerprint density at radius 3 is 2.89 bits per heavy atom. The Hall–Kier alpha value is -1.26. The van der Waals surface area contributed by atoms with Crippen LogP contribution in [0.4, 0.5) is 0 Å². The summed E-state index contributed by atoms with van der Waals surface area (Å²) in [6.07, 6.45) is 1.06. The second-order valence-electron chi connectivity index (χ2n) is 4.37. The van der Waals surface area contributed by atoms with E-state index in [1.807, 2.05) is 0 Å². The van der Waals surface area contributed by atoms with E-state index in [-0.39, 0.29) is 0 Å². The molecule has 0 saturated heterocycles. The van der Waals surface area contributed by atoms with Crippen molar-refractivity contribution in [3.63, 3.8) is 0 Å². The lowest BCUT2D eigenvalue weighted by atomic mass is 10.1. The van der Waals surface area contributed by atoms with E-state index in [9.17, 15) is 9.90 Å². The zero-order valence-corrected chi connectivity index (χ0v) is 10.8. The van der Waals surface area contributed by atoms with Crippen molar-refractivity contribution < 1.29 is 19.4 Å². The van der Waals surface area contributed by atoms with Crippen molar-refractivity contribution in [3.05, 3.63) is 28.8 Å². The van der Waals surface area contributed by atoms with E-state index in [0.717, 1.165) is 0 Å². The molecular formula is C13H15ClO4. The molecule has 0 amide bonds. The monoisotopic (exact) mass is 270 g/mol. The van der Waals surface area contributed by atoms with E-state index in [1.165, 1.54) is 20.0 Å². The van der Waals surface area contributed by atoms with Crippen molar-refractivity contribution >= 4 is 17.6 Å². The summed E-state index contributed by atoms with van der Waals surface area (Å²) in [5.41, 5.74) is 0.414. The average molecular weight is 271 g/mol. The van der Waals surface area contributed by atoms with Gasteiger partial charge in [-0.15, -0.1) is 0 Å². The van der Waals surface area contributed by atoms with Crippen LogP contribution in [0.1, 0.15) is 24.5 Å². The normalized spacial score (nSPS) is 16.2. The van der Waals surface area contributed by atoms with Crippen LogP contribution in [0.5, 0.6) is 5.75 Å². The van der Waals surface area contributed by atoms with Gasteiger partial charge in [0, 0.05) is 0 Å². The quantitative estimate of drug-likeness (QED) is 0.835. The van der Waals surface area contributed by atoms with Crippen LogP contribution >= 0.6 is 11.6 Å². The Balaban J connectivity index is 2.11. The predicted octanol–water partition coefficient (Wildman–Crippen LogP) is 2.34. The molecule has 1 aromatic carbocycles. The van der Waals surface area contributed by atoms with Crippen LogP contribution in [0.25, 0.3) is 0 Å². The number of ether oxygens (including phenoxy) is 2. The highest BCUT2D eigenvalue weighted by Crippen LogP contribution is 2.33. The summed E-state index contributed by atoms with van der Waals surface area (Å²) in [7, 11) is 1.23. The van der Waals surface area contributed by atoms with Gasteiger partial charge in [0.1, 0.15) is 5.75 Å². The second-order valence-corrected chi connectivity index (χ2v) is 4.78. The Morgan fingerprint density at radius 1 is 1.56 bits per heavy atom. The zero-order chi connectivity index (χ0) is 13.1. The van der Waals surface area contributed by atoms with Crippen molar-refractivity contribution in [2.45, 2.75) is 18.9 Å². The molecule has 1 aliphatic rings. The van der Waals surface area contributed by atoms with Crippen molar-refractivity contribution in [2.75, 3.05) is 13.7 Å². The van der Waals surface area contributed by atoms with Crippen LogP contribution in [-0.2, 0) is 9.53 Å². The lowest BCUT2D eigenvalue weighted by Crippen LogP contribution is -2.13. The Morgan fingerprint density at radius 2 is 2.28 bits per heavy atom. The summed E-state index contributed by atoms with van der Waals surface area (Å²) >= 11 is 6.00. The van der Waals surface area contributed by atoms with Gasteiger partial charge in [0.2, 0.25) is 0 Å². The van der Waals surface area contributed by atoms with Gasteiger partial charge in [0.05, 0.1) is 18.7 Å². The van der Waals surface area contributed by atoms with E-state index in [2.05, 4.69) is 4.74 Å². The molecule has 18 heavy (non-hydrogen) atoms. The summed E-state index contributed by atoms with van der Waals surface area (Å²) in [6, 6.07) is 4.76. The van der Waals surface area contributed by atoms with E-state index in [1.54, 1.807) is 18.2 Å². The third-order valence-corrected chi connectivity index (χ3v) is 3.18. The van der Waals surface area contributed by atoms with Crippen LogP contribution < -0.4 is 4.74 Å². The first-order valence-corrected chi connectivity index (χ1v) is 6.17. The maximum Gasteiger partial charge on any atom is 0.339 e. The lowest BCUT2D eigenvalue weighted by Gasteiger charge is -2.12. The molecule has 0 aliphatic heterocycles. The molecule has 1 N–H and O–H groups in total. The maximum atomic E-state index is 11.2. The summed E-state index contributed by atoms with van der Waals surface area (Å²) < 4.78 is 10.1. The lowest BCUT2D eigenvalue weighted by molar-refractivity contribution is -0.150. The maximum absolute atomic E-state index is 11.2. The molecule has 2 rings (SSSR count). The van der Waals surface area contributed by atoms with Gasteiger partial charge in [-0.1, -0.05) is 17.7 Å². The Kier molecular flexibility index (Phi) is 4.09. The number of aliphatic hydroxyl groups excluding tert-OH is 1. The number of benzene rings is 1. The van der Waals surface area contributed by atoms with Crippen LogP contribution in [0.2, 0.25) is 5.02 Å². The number of rotatable bonds is 5. The predicted molar refractivity (Wildman–Crippen MR) is 66.6 cm³/mol. The van der Waals surface area contributed by atoms with Crippen LogP contribution in [0, 0.1) is 5.92 Å². The van der Waals surface area contributed by atoms with Crippen LogP contribution in [0.15, 0.2) is 18.2 Å². The number of halogens is 1.